The first-order chi connectivity index (χ1) is 9.02. The second kappa shape index (κ2) is 6.01. The zero-order valence-electron chi connectivity index (χ0n) is 11.3. The van der Waals surface area contributed by atoms with Gasteiger partial charge in [-0.1, -0.05) is 0 Å². The molecular weight excluding hydrogens is 246 g/mol. The van der Waals surface area contributed by atoms with Crippen LogP contribution in [0.5, 0.6) is 6.01 Å². The van der Waals surface area contributed by atoms with E-state index in [2.05, 4.69) is 20.3 Å². The van der Waals surface area contributed by atoms with Crippen molar-refractivity contribution in [3.05, 3.63) is 0 Å². The maximum absolute atomic E-state index is 9.48. The van der Waals surface area contributed by atoms with Crippen molar-refractivity contribution in [2.75, 3.05) is 17.6 Å². The number of aliphatic hydroxyl groups is 1. The molecule has 1 fully saturated rings. The Morgan fingerprint density at radius 1 is 1.37 bits per heavy atom. The van der Waals surface area contributed by atoms with E-state index in [4.69, 9.17) is 10.5 Å². The molecule has 0 aromatic carbocycles. The van der Waals surface area contributed by atoms with Crippen molar-refractivity contribution in [2.24, 2.45) is 5.92 Å². The lowest BCUT2D eigenvalue weighted by atomic mass is 10.1. The number of hydrogen-bond acceptors (Lipinski definition) is 7. The summed E-state index contributed by atoms with van der Waals surface area (Å²) in [7, 11) is 0. The Kier molecular flexibility index (Phi) is 4.36. The van der Waals surface area contributed by atoms with Crippen molar-refractivity contribution in [3.8, 4) is 6.01 Å². The van der Waals surface area contributed by atoms with E-state index in [1.54, 1.807) is 0 Å². The smallest absolute Gasteiger partial charge is 0.323 e. The molecule has 0 amide bonds. The lowest BCUT2D eigenvalue weighted by Crippen LogP contribution is -2.16. The van der Waals surface area contributed by atoms with E-state index in [9.17, 15) is 5.11 Å². The highest BCUT2D eigenvalue weighted by atomic mass is 16.5. The van der Waals surface area contributed by atoms with Crippen molar-refractivity contribution in [2.45, 2.75) is 45.3 Å². The van der Waals surface area contributed by atoms with E-state index in [0.717, 1.165) is 25.8 Å². The van der Waals surface area contributed by atoms with Crippen LogP contribution < -0.4 is 15.8 Å². The minimum absolute atomic E-state index is 0.0142. The van der Waals surface area contributed by atoms with Crippen molar-refractivity contribution < 1.29 is 9.84 Å². The second-order valence-corrected chi connectivity index (χ2v) is 5.18. The molecule has 19 heavy (non-hydrogen) atoms. The van der Waals surface area contributed by atoms with Crippen LogP contribution in [-0.4, -0.2) is 38.8 Å². The van der Waals surface area contributed by atoms with E-state index >= 15 is 0 Å². The molecule has 7 heteroatoms. The Morgan fingerprint density at radius 2 is 2.16 bits per heavy atom. The van der Waals surface area contributed by atoms with E-state index < -0.39 is 0 Å². The summed E-state index contributed by atoms with van der Waals surface area (Å²) in [6, 6.07) is 0.233. The molecule has 0 radical (unpaired) electrons. The molecule has 1 aromatic rings. The molecule has 0 saturated heterocycles. The number of aromatic nitrogens is 3. The fraction of sp³-hybridized carbons (Fsp3) is 0.750. The van der Waals surface area contributed by atoms with Gasteiger partial charge in [0.05, 0.1) is 12.2 Å². The lowest BCUT2D eigenvalue weighted by molar-refractivity contribution is 0.178. The number of hydrogen-bond donors (Lipinski definition) is 3. The fourth-order valence-electron chi connectivity index (χ4n) is 2.18. The molecule has 4 N–H and O–H groups in total. The van der Waals surface area contributed by atoms with Crippen molar-refractivity contribution in [1.29, 1.82) is 0 Å². The molecule has 0 bridgehead atoms. The number of nitrogens with two attached hydrogens (primary N) is 1. The van der Waals surface area contributed by atoms with Crippen molar-refractivity contribution in [1.82, 2.24) is 15.0 Å². The molecule has 0 spiro atoms. The Balaban J connectivity index is 1.94. The van der Waals surface area contributed by atoms with E-state index in [-0.39, 0.29) is 24.2 Å². The summed E-state index contributed by atoms with van der Waals surface area (Å²) in [5.41, 5.74) is 5.62. The van der Waals surface area contributed by atoms with Gasteiger partial charge >= 0.3 is 6.01 Å². The van der Waals surface area contributed by atoms with Crippen LogP contribution in [0.15, 0.2) is 0 Å². The van der Waals surface area contributed by atoms with Crippen LogP contribution in [0.1, 0.15) is 33.1 Å². The molecular formula is C12H21N5O2. The third-order valence-electron chi connectivity index (χ3n) is 3.04. The van der Waals surface area contributed by atoms with Gasteiger partial charge in [0.15, 0.2) is 0 Å². The predicted octanol–water partition coefficient (Wildman–Crippen LogP) is 0.814. The van der Waals surface area contributed by atoms with Crippen LogP contribution in [0.2, 0.25) is 0 Å². The zero-order chi connectivity index (χ0) is 13.8. The molecule has 2 unspecified atom stereocenters. The largest absolute Gasteiger partial charge is 0.461 e. The van der Waals surface area contributed by atoms with E-state index in [1.807, 2.05) is 13.8 Å². The van der Waals surface area contributed by atoms with Crippen molar-refractivity contribution >= 4 is 11.9 Å². The lowest BCUT2D eigenvalue weighted by Gasteiger charge is -2.12. The Hall–Kier alpha value is -1.63. The Labute approximate surface area is 112 Å². The minimum atomic E-state index is -0.171. The molecule has 2 rings (SSSR count). The molecule has 1 aromatic heterocycles. The summed E-state index contributed by atoms with van der Waals surface area (Å²) >= 11 is 0. The number of rotatable bonds is 5. The number of nitrogen functional groups attached to an aromatic ring is 1. The van der Waals surface area contributed by atoms with Gasteiger partial charge < -0.3 is 20.9 Å². The quantitative estimate of drug-likeness (QED) is 0.724. The van der Waals surface area contributed by atoms with Gasteiger partial charge in [-0.3, -0.25) is 0 Å². The Bertz CT molecular complexity index is 427. The monoisotopic (exact) mass is 267 g/mol. The van der Waals surface area contributed by atoms with Crippen molar-refractivity contribution in [3.63, 3.8) is 0 Å². The third kappa shape index (κ3) is 4.20. The van der Waals surface area contributed by atoms with E-state index in [0.29, 0.717) is 11.9 Å². The first kappa shape index (κ1) is 13.8. The predicted molar refractivity (Wildman–Crippen MR) is 71.8 cm³/mol. The molecule has 2 atom stereocenters. The number of anilines is 2. The fourth-order valence-corrected chi connectivity index (χ4v) is 2.18. The first-order valence-corrected chi connectivity index (χ1v) is 6.63. The number of aliphatic hydroxyl groups excluding tert-OH is 1. The average Bonchev–Trinajstić information content (AvgIpc) is 2.71. The highest BCUT2D eigenvalue weighted by Gasteiger charge is 2.22. The maximum atomic E-state index is 9.48. The van der Waals surface area contributed by atoms with Crippen LogP contribution in [0.4, 0.5) is 11.9 Å². The van der Waals surface area contributed by atoms with Gasteiger partial charge in [-0.05, 0) is 39.0 Å². The molecule has 7 nitrogen and oxygen atoms in total. The molecule has 1 heterocycles. The standard InChI is InChI=1S/C12H21N5O2/c1-7(2)19-12-16-10(13)15-11(17-12)14-6-8-3-4-9(18)5-8/h7-9,18H,3-6H2,1-2H3,(H3,13,14,15,16,17). The highest BCUT2D eigenvalue weighted by molar-refractivity contribution is 5.32. The summed E-state index contributed by atoms with van der Waals surface area (Å²) in [5.74, 6) is 1.01. The summed E-state index contributed by atoms with van der Waals surface area (Å²) in [4.78, 5) is 12.1. The van der Waals surface area contributed by atoms with Gasteiger partial charge in [0.25, 0.3) is 0 Å². The molecule has 1 aliphatic carbocycles. The second-order valence-electron chi connectivity index (χ2n) is 5.18. The van der Waals surface area contributed by atoms with Crippen LogP contribution in [-0.2, 0) is 0 Å². The topological polar surface area (TPSA) is 106 Å². The van der Waals surface area contributed by atoms with E-state index in [1.165, 1.54) is 0 Å². The number of ether oxygens (including phenoxy) is 1. The molecule has 0 aliphatic heterocycles. The highest BCUT2D eigenvalue weighted by Crippen LogP contribution is 2.25. The summed E-state index contributed by atoms with van der Waals surface area (Å²) in [6.45, 7) is 4.52. The van der Waals surface area contributed by atoms with Gasteiger partial charge in [-0.15, -0.1) is 0 Å². The SMILES string of the molecule is CC(C)Oc1nc(N)nc(NCC2CCC(O)C2)n1. The molecule has 1 aliphatic rings. The normalized spacial score (nSPS) is 22.7. The summed E-state index contributed by atoms with van der Waals surface area (Å²) in [6.07, 6.45) is 2.52. The average molecular weight is 267 g/mol. The van der Waals surface area contributed by atoms with Crippen LogP contribution in [0.25, 0.3) is 0 Å². The molecule has 1 saturated carbocycles. The first-order valence-electron chi connectivity index (χ1n) is 6.63. The minimum Gasteiger partial charge on any atom is -0.461 e. The third-order valence-corrected chi connectivity index (χ3v) is 3.04. The summed E-state index contributed by atoms with van der Waals surface area (Å²) < 4.78 is 5.40. The number of nitrogens with one attached hydrogen (secondary N) is 1. The van der Waals surface area contributed by atoms with Gasteiger partial charge in [0, 0.05) is 6.54 Å². The van der Waals surface area contributed by atoms with Gasteiger partial charge in [0.2, 0.25) is 11.9 Å². The maximum Gasteiger partial charge on any atom is 0.323 e. The Morgan fingerprint density at radius 3 is 2.79 bits per heavy atom. The summed E-state index contributed by atoms with van der Waals surface area (Å²) in [5, 5.41) is 12.6. The zero-order valence-corrected chi connectivity index (χ0v) is 11.3. The van der Waals surface area contributed by atoms with Gasteiger partial charge in [0.1, 0.15) is 0 Å². The van der Waals surface area contributed by atoms with Crippen LogP contribution >= 0.6 is 0 Å². The van der Waals surface area contributed by atoms with Crippen LogP contribution in [0, 0.1) is 5.92 Å². The number of nitrogens with zero attached hydrogens (tertiary/aromatic N) is 3. The molecule has 106 valence electrons. The van der Waals surface area contributed by atoms with Gasteiger partial charge in [-0.2, -0.15) is 15.0 Å². The van der Waals surface area contributed by atoms with Crippen LogP contribution in [0.3, 0.4) is 0 Å². The van der Waals surface area contributed by atoms with Gasteiger partial charge in [-0.25, -0.2) is 0 Å².